The molecule has 0 unspecified atom stereocenters. The minimum absolute atomic E-state index is 0.828. The van der Waals surface area contributed by atoms with Gasteiger partial charge in [0.2, 0.25) is 0 Å². The Bertz CT molecular complexity index is 612. The van der Waals surface area contributed by atoms with E-state index in [2.05, 4.69) is 51.5 Å². The highest BCUT2D eigenvalue weighted by molar-refractivity contribution is 9.10. The molecule has 110 valence electrons. The van der Waals surface area contributed by atoms with Crippen molar-refractivity contribution < 1.29 is 0 Å². The molecule has 1 aromatic carbocycles. The highest BCUT2D eigenvalue weighted by atomic mass is 79.9. The van der Waals surface area contributed by atoms with E-state index in [4.69, 9.17) is 12.2 Å². The van der Waals surface area contributed by atoms with Crippen molar-refractivity contribution in [1.29, 1.82) is 0 Å². The number of aromatic nitrogens is 2. The quantitative estimate of drug-likeness (QED) is 0.472. The summed E-state index contributed by atoms with van der Waals surface area (Å²) in [5, 5.41) is 0. The molecule has 20 heavy (non-hydrogen) atoms. The number of H-pyrrole nitrogens is 1. The topological polar surface area (TPSA) is 20.7 Å². The average molecular weight is 355 g/mol. The van der Waals surface area contributed by atoms with Crippen LogP contribution in [0, 0.1) is 10.7 Å². The predicted molar refractivity (Wildman–Crippen MR) is 92.7 cm³/mol. The second kappa shape index (κ2) is 7.41. The number of rotatable bonds is 7. The Morgan fingerprint density at radius 3 is 2.70 bits per heavy atom. The van der Waals surface area contributed by atoms with E-state index >= 15 is 0 Å². The predicted octanol–water partition coefficient (Wildman–Crippen LogP) is 6.07. The van der Waals surface area contributed by atoms with Gasteiger partial charge >= 0.3 is 0 Å². The van der Waals surface area contributed by atoms with E-state index in [-0.39, 0.29) is 0 Å². The highest BCUT2D eigenvalue weighted by Crippen LogP contribution is 2.20. The van der Waals surface area contributed by atoms with Crippen LogP contribution in [0.5, 0.6) is 0 Å². The summed E-state index contributed by atoms with van der Waals surface area (Å²) in [4.78, 5) is 3.28. The molecule has 1 N–H and O–H groups in total. The molecule has 2 rings (SSSR count). The first-order valence-corrected chi connectivity index (χ1v) is 8.66. The lowest BCUT2D eigenvalue weighted by Crippen LogP contribution is -1.98. The molecule has 2 nitrogen and oxygen atoms in total. The Morgan fingerprint density at radius 2 is 1.95 bits per heavy atom. The van der Waals surface area contributed by atoms with Gasteiger partial charge in [0.25, 0.3) is 0 Å². The van der Waals surface area contributed by atoms with Crippen LogP contribution in [-0.4, -0.2) is 9.55 Å². The van der Waals surface area contributed by atoms with Crippen LogP contribution in [0.1, 0.15) is 46.0 Å². The molecule has 0 amide bonds. The number of aromatic amines is 1. The second-order valence-corrected chi connectivity index (χ2v) is 7.14. The summed E-state index contributed by atoms with van der Waals surface area (Å²) in [7, 11) is 0. The third-order valence-corrected chi connectivity index (χ3v) is 4.47. The van der Waals surface area contributed by atoms with Crippen LogP contribution in [0.4, 0.5) is 0 Å². The molecule has 0 bridgehead atoms. The van der Waals surface area contributed by atoms with Crippen LogP contribution in [0.3, 0.4) is 0 Å². The summed E-state index contributed by atoms with van der Waals surface area (Å²) in [5.74, 6) is 0.828. The van der Waals surface area contributed by atoms with Crippen molar-refractivity contribution >= 4 is 39.2 Å². The van der Waals surface area contributed by atoms with Crippen molar-refractivity contribution in [3.8, 4) is 0 Å². The summed E-state index contributed by atoms with van der Waals surface area (Å²) in [6.07, 6.45) is 6.51. The monoisotopic (exact) mass is 354 g/mol. The first kappa shape index (κ1) is 15.8. The molecule has 1 heterocycles. The van der Waals surface area contributed by atoms with Gasteiger partial charge in [-0.1, -0.05) is 55.5 Å². The van der Waals surface area contributed by atoms with Crippen molar-refractivity contribution in [2.45, 2.75) is 52.5 Å². The molecule has 0 atom stereocenters. The van der Waals surface area contributed by atoms with E-state index in [9.17, 15) is 0 Å². The van der Waals surface area contributed by atoms with Gasteiger partial charge in [-0.3, -0.25) is 0 Å². The SMILES string of the molecule is CC(C)CCCCCCn1c(=S)[nH]c2ccc(Br)cc21. The van der Waals surface area contributed by atoms with Crippen LogP contribution >= 0.6 is 28.1 Å². The molecule has 2 aromatic rings. The molecule has 0 aliphatic heterocycles. The molecule has 4 heteroatoms. The van der Waals surface area contributed by atoms with Gasteiger partial charge in [0.1, 0.15) is 0 Å². The highest BCUT2D eigenvalue weighted by Gasteiger charge is 2.04. The van der Waals surface area contributed by atoms with E-state index in [0.29, 0.717) is 0 Å². The Morgan fingerprint density at radius 1 is 1.20 bits per heavy atom. The van der Waals surface area contributed by atoms with Gasteiger partial charge in [-0.05, 0) is 42.8 Å². The molecule has 0 fully saturated rings. The zero-order valence-electron chi connectivity index (χ0n) is 12.3. The van der Waals surface area contributed by atoms with E-state index < -0.39 is 0 Å². The lowest BCUT2D eigenvalue weighted by atomic mass is 10.0. The lowest BCUT2D eigenvalue weighted by molar-refractivity contribution is 0.507. The molecule has 0 saturated heterocycles. The van der Waals surface area contributed by atoms with Gasteiger partial charge in [0.05, 0.1) is 11.0 Å². The van der Waals surface area contributed by atoms with Crippen LogP contribution < -0.4 is 0 Å². The smallest absolute Gasteiger partial charge is 0.178 e. The molecular formula is C16H23BrN2S. The lowest BCUT2D eigenvalue weighted by Gasteiger charge is -2.06. The number of halogens is 1. The van der Waals surface area contributed by atoms with Crippen molar-refractivity contribution in [3.63, 3.8) is 0 Å². The molecule has 0 aliphatic rings. The number of imidazole rings is 1. The van der Waals surface area contributed by atoms with Crippen LogP contribution in [0.25, 0.3) is 11.0 Å². The van der Waals surface area contributed by atoms with Crippen LogP contribution in [0.15, 0.2) is 22.7 Å². The number of benzene rings is 1. The number of hydrogen-bond acceptors (Lipinski definition) is 1. The fourth-order valence-corrected chi connectivity index (χ4v) is 3.17. The minimum atomic E-state index is 0.828. The fourth-order valence-electron chi connectivity index (χ4n) is 2.52. The Balaban J connectivity index is 1.91. The molecule has 0 saturated carbocycles. The third kappa shape index (κ3) is 4.19. The van der Waals surface area contributed by atoms with Crippen molar-refractivity contribution in [1.82, 2.24) is 9.55 Å². The largest absolute Gasteiger partial charge is 0.331 e. The minimum Gasteiger partial charge on any atom is -0.331 e. The molecule has 0 spiro atoms. The normalized spacial score (nSPS) is 11.6. The van der Waals surface area contributed by atoms with E-state index in [1.54, 1.807) is 0 Å². The first-order valence-electron chi connectivity index (χ1n) is 7.46. The summed E-state index contributed by atoms with van der Waals surface area (Å²) < 4.78 is 4.16. The van der Waals surface area contributed by atoms with Crippen molar-refractivity contribution in [2.75, 3.05) is 0 Å². The van der Waals surface area contributed by atoms with E-state index in [1.165, 1.54) is 37.6 Å². The fraction of sp³-hybridized carbons (Fsp3) is 0.562. The zero-order chi connectivity index (χ0) is 14.5. The Labute approximate surface area is 134 Å². The van der Waals surface area contributed by atoms with Crippen molar-refractivity contribution in [3.05, 3.63) is 27.4 Å². The molecule has 0 aliphatic carbocycles. The molecule has 0 radical (unpaired) electrons. The van der Waals surface area contributed by atoms with Gasteiger partial charge in [0.15, 0.2) is 4.77 Å². The number of nitrogens with one attached hydrogen (secondary N) is 1. The van der Waals surface area contributed by atoms with Crippen LogP contribution in [0.2, 0.25) is 0 Å². The standard InChI is InChI=1S/C16H23BrN2S/c1-12(2)7-5-3-4-6-10-19-15-11-13(17)8-9-14(15)18-16(19)20/h8-9,11-12H,3-7,10H2,1-2H3,(H,18,20). The maximum atomic E-state index is 5.42. The summed E-state index contributed by atoms with van der Waals surface area (Å²) in [5.41, 5.74) is 2.32. The van der Waals surface area contributed by atoms with Gasteiger partial charge < -0.3 is 9.55 Å². The van der Waals surface area contributed by atoms with Gasteiger partial charge in [-0.25, -0.2) is 0 Å². The second-order valence-electron chi connectivity index (χ2n) is 5.84. The molecular weight excluding hydrogens is 332 g/mol. The maximum Gasteiger partial charge on any atom is 0.178 e. The zero-order valence-corrected chi connectivity index (χ0v) is 14.7. The van der Waals surface area contributed by atoms with Crippen LogP contribution in [-0.2, 0) is 6.54 Å². The Hall–Kier alpha value is -0.610. The van der Waals surface area contributed by atoms with Gasteiger partial charge in [-0.2, -0.15) is 0 Å². The number of aryl methyl sites for hydroxylation is 1. The van der Waals surface area contributed by atoms with Gasteiger partial charge in [-0.15, -0.1) is 0 Å². The first-order chi connectivity index (χ1) is 9.58. The number of fused-ring (bicyclic) bond motifs is 1. The van der Waals surface area contributed by atoms with Gasteiger partial charge in [0, 0.05) is 11.0 Å². The third-order valence-electron chi connectivity index (χ3n) is 3.65. The number of hydrogen-bond donors (Lipinski definition) is 1. The summed E-state index contributed by atoms with van der Waals surface area (Å²) >= 11 is 8.95. The van der Waals surface area contributed by atoms with E-state index in [0.717, 1.165) is 27.2 Å². The molecule has 1 aromatic heterocycles. The summed E-state index contributed by atoms with van der Waals surface area (Å²) in [6, 6.07) is 6.26. The van der Waals surface area contributed by atoms with Crippen molar-refractivity contribution in [2.24, 2.45) is 5.92 Å². The maximum absolute atomic E-state index is 5.42. The number of unbranched alkanes of at least 4 members (excludes halogenated alkanes) is 3. The summed E-state index contributed by atoms with van der Waals surface area (Å²) in [6.45, 7) is 5.60. The average Bonchev–Trinajstić information content (AvgIpc) is 2.69. The Kier molecular flexibility index (Phi) is 5.85. The van der Waals surface area contributed by atoms with E-state index in [1.807, 2.05) is 6.07 Å². The number of nitrogens with zero attached hydrogens (tertiary/aromatic N) is 1.